The highest BCUT2D eigenvalue weighted by atomic mass is 16.2. The summed E-state index contributed by atoms with van der Waals surface area (Å²) < 4.78 is 4.79. The van der Waals surface area contributed by atoms with Gasteiger partial charge in [-0.3, -0.25) is 9.59 Å². The van der Waals surface area contributed by atoms with Gasteiger partial charge < -0.3 is 9.88 Å². The van der Waals surface area contributed by atoms with E-state index in [1.54, 1.807) is 11.6 Å². The van der Waals surface area contributed by atoms with Crippen molar-refractivity contribution < 1.29 is 4.79 Å². The predicted molar refractivity (Wildman–Crippen MR) is 127 cm³/mol. The fraction of sp³-hybridized carbons (Fsp3) is 0.120. The fourth-order valence-electron chi connectivity index (χ4n) is 3.87. The van der Waals surface area contributed by atoms with Crippen molar-refractivity contribution in [3.63, 3.8) is 0 Å². The van der Waals surface area contributed by atoms with Crippen molar-refractivity contribution in [3.05, 3.63) is 101 Å². The molecule has 33 heavy (non-hydrogen) atoms. The Hall–Kier alpha value is -4.46. The number of aromatic nitrogens is 5. The molecular weight excluding hydrogens is 416 g/mol. The molecule has 0 fully saturated rings. The maximum Gasteiger partial charge on any atom is 0.280 e. The van der Waals surface area contributed by atoms with E-state index in [1.807, 2.05) is 90.6 Å². The second kappa shape index (κ2) is 8.23. The van der Waals surface area contributed by atoms with Crippen LogP contribution in [0.4, 0.5) is 5.69 Å². The maximum absolute atomic E-state index is 13.6. The minimum Gasteiger partial charge on any atom is -0.324 e. The van der Waals surface area contributed by atoms with E-state index in [0.29, 0.717) is 28.1 Å². The molecule has 0 saturated heterocycles. The van der Waals surface area contributed by atoms with E-state index in [1.165, 1.54) is 4.68 Å². The third-order valence-corrected chi connectivity index (χ3v) is 5.49. The van der Waals surface area contributed by atoms with Crippen LogP contribution >= 0.6 is 0 Å². The van der Waals surface area contributed by atoms with Crippen LogP contribution in [0.15, 0.2) is 83.9 Å². The minimum atomic E-state index is -0.374. The lowest BCUT2D eigenvalue weighted by atomic mass is 10.2. The van der Waals surface area contributed by atoms with Gasteiger partial charge in [0.25, 0.3) is 5.56 Å². The van der Waals surface area contributed by atoms with Gasteiger partial charge in [0.05, 0.1) is 11.4 Å². The minimum absolute atomic E-state index is 0.203. The molecule has 0 atom stereocenters. The Balaban J connectivity index is 1.63. The summed E-state index contributed by atoms with van der Waals surface area (Å²) in [7, 11) is 0. The van der Waals surface area contributed by atoms with E-state index in [-0.39, 0.29) is 18.0 Å². The molecule has 0 spiro atoms. The molecule has 1 amide bonds. The van der Waals surface area contributed by atoms with Crippen molar-refractivity contribution in [1.29, 1.82) is 0 Å². The van der Waals surface area contributed by atoms with E-state index in [2.05, 4.69) is 10.4 Å². The topological polar surface area (TPSA) is 86.7 Å². The number of benzene rings is 2. The highest BCUT2D eigenvalue weighted by molar-refractivity contribution is 5.92. The second-order valence-corrected chi connectivity index (χ2v) is 7.80. The Morgan fingerprint density at radius 1 is 0.909 bits per heavy atom. The monoisotopic (exact) mass is 438 g/mol. The number of carbonyl (C=O) groups excluding carboxylic acids is 1. The summed E-state index contributed by atoms with van der Waals surface area (Å²) in [6.07, 6.45) is 3.72. The van der Waals surface area contributed by atoms with E-state index in [4.69, 9.17) is 5.10 Å². The van der Waals surface area contributed by atoms with Crippen LogP contribution in [-0.2, 0) is 11.3 Å². The quantitative estimate of drug-likeness (QED) is 0.454. The number of rotatable bonds is 5. The lowest BCUT2D eigenvalue weighted by Crippen LogP contribution is -2.30. The summed E-state index contributed by atoms with van der Waals surface area (Å²) in [6.45, 7) is 3.50. The van der Waals surface area contributed by atoms with Gasteiger partial charge in [0.1, 0.15) is 17.4 Å². The van der Waals surface area contributed by atoms with Crippen LogP contribution in [0.25, 0.3) is 22.4 Å². The van der Waals surface area contributed by atoms with Gasteiger partial charge in [0.15, 0.2) is 5.82 Å². The highest BCUT2D eigenvalue weighted by Gasteiger charge is 2.22. The van der Waals surface area contributed by atoms with Crippen molar-refractivity contribution in [2.75, 3.05) is 5.32 Å². The molecule has 0 radical (unpaired) electrons. The molecule has 0 aliphatic carbocycles. The molecular formula is C25H22N6O2. The molecule has 0 saturated carbocycles. The van der Waals surface area contributed by atoms with Gasteiger partial charge in [-0.25, -0.2) is 9.36 Å². The number of fused-ring (bicyclic) bond motifs is 1. The number of nitrogens with zero attached hydrogens (tertiary/aromatic N) is 5. The molecule has 0 aliphatic rings. The van der Waals surface area contributed by atoms with Gasteiger partial charge in [0, 0.05) is 18.1 Å². The largest absolute Gasteiger partial charge is 0.324 e. The van der Waals surface area contributed by atoms with E-state index < -0.39 is 0 Å². The molecule has 8 heteroatoms. The number of para-hydroxylation sites is 2. The van der Waals surface area contributed by atoms with Crippen LogP contribution in [0.5, 0.6) is 0 Å². The number of hydrogen-bond acceptors (Lipinski definition) is 4. The number of hydrogen-bond donors (Lipinski definition) is 1. The van der Waals surface area contributed by atoms with Crippen molar-refractivity contribution in [1.82, 2.24) is 24.1 Å². The number of aryl methyl sites for hydroxylation is 2. The third kappa shape index (κ3) is 3.71. The molecule has 2 aromatic carbocycles. The van der Waals surface area contributed by atoms with Crippen LogP contribution in [-0.4, -0.2) is 30.0 Å². The Morgan fingerprint density at radius 3 is 2.33 bits per heavy atom. The standard InChI is InChI=1S/C25H22N6O2/c1-17-10-6-7-13-20(17)26-21(32)16-30-25(33)22-23(18(2)27-30)28-31(19-11-4-3-5-12-19)24(22)29-14-8-9-15-29/h3-15H,16H2,1-2H3,(H,26,32). The van der Waals surface area contributed by atoms with Crippen LogP contribution in [0.2, 0.25) is 0 Å². The molecule has 0 bridgehead atoms. The zero-order valence-electron chi connectivity index (χ0n) is 18.3. The molecule has 3 heterocycles. The van der Waals surface area contributed by atoms with Gasteiger partial charge >= 0.3 is 0 Å². The Kier molecular flexibility index (Phi) is 5.10. The van der Waals surface area contributed by atoms with Gasteiger partial charge in [0.2, 0.25) is 5.91 Å². The summed E-state index contributed by atoms with van der Waals surface area (Å²) in [4.78, 5) is 26.3. The number of amides is 1. The predicted octanol–water partition coefficient (Wildman–Crippen LogP) is 3.63. The summed E-state index contributed by atoms with van der Waals surface area (Å²) in [5.41, 5.74) is 3.16. The second-order valence-electron chi connectivity index (χ2n) is 7.80. The maximum atomic E-state index is 13.6. The van der Waals surface area contributed by atoms with Crippen molar-refractivity contribution in [2.24, 2.45) is 0 Å². The molecule has 5 aromatic rings. The Labute approximate surface area is 189 Å². The third-order valence-electron chi connectivity index (χ3n) is 5.49. The smallest absolute Gasteiger partial charge is 0.280 e. The highest BCUT2D eigenvalue weighted by Crippen LogP contribution is 2.24. The summed E-state index contributed by atoms with van der Waals surface area (Å²) in [5, 5.41) is 12.4. The zero-order chi connectivity index (χ0) is 22.9. The first-order valence-corrected chi connectivity index (χ1v) is 10.6. The van der Waals surface area contributed by atoms with Gasteiger partial charge in [-0.05, 0) is 49.7 Å². The average Bonchev–Trinajstić information content (AvgIpc) is 3.47. The van der Waals surface area contributed by atoms with Gasteiger partial charge in [-0.15, -0.1) is 0 Å². The average molecular weight is 438 g/mol. The molecule has 0 unspecified atom stereocenters. The molecule has 1 N–H and O–H groups in total. The Bertz CT molecular complexity index is 1510. The number of carbonyl (C=O) groups is 1. The zero-order valence-corrected chi connectivity index (χ0v) is 18.3. The molecule has 5 rings (SSSR count). The molecule has 8 nitrogen and oxygen atoms in total. The van der Waals surface area contributed by atoms with Crippen LogP contribution < -0.4 is 10.9 Å². The first-order chi connectivity index (χ1) is 16.0. The summed E-state index contributed by atoms with van der Waals surface area (Å²) in [6, 6.07) is 20.9. The van der Waals surface area contributed by atoms with Crippen LogP contribution in [0.3, 0.4) is 0 Å². The first-order valence-electron chi connectivity index (χ1n) is 10.6. The van der Waals surface area contributed by atoms with Crippen molar-refractivity contribution in [3.8, 4) is 11.5 Å². The number of nitrogens with one attached hydrogen (secondary N) is 1. The van der Waals surface area contributed by atoms with Crippen molar-refractivity contribution >= 4 is 22.5 Å². The summed E-state index contributed by atoms with van der Waals surface area (Å²) >= 11 is 0. The normalized spacial score (nSPS) is 11.1. The van der Waals surface area contributed by atoms with Gasteiger partial charge in [-0.1, -0.05) is 36.4 Å². The van der Waals surface area contributed by atoms with E-state index >= 15 is 0 Å². The molecule has 3 aromatic heterocycles. The lowest BCUT2D eigenvalue weighted by Gasteiger charge is -2.10. The van der Waals surface area contributed by atoms with Crippen LogP contribution in [0.1, 0.15) is 11.3 Å². The van der Waals surface area contributed by atoms with Crippen molar-refractivity contribution in [2.45, 2.75) is 20.4 Å². The molecule has 0 aliphatic heterocycles. The number of anilines is 1. The Morgan fingerprint density at radius 2 is 1.61 bits per heavy atom. The first kappa shape index (κ1) is 20.4. The van der Waals surface area contributed by atoms with E-state index in [0.717, 1.165) is 11.3 Å². The SMILES string of the molecule is Cc1ccccc1NC(=O)Cn1nc(C)c2nn(-c3ccccc3)c(-n3cccc3)c2c1=O. The summed E-state index contributed by atoms with van der Waals surface area (Å²) in [5.74, 6) is 0.278. The molecule has 164 valence electrons. The van der Waals surface area contributed by atoms with Crippen LogP contribution in [0, 0.1) is 13.8 Å². The lowest BCUT2D eigenvalue weighted by molar-refractivity contribution is -0.117. The fourth-order valence-corrected chi connectivity index (χ4v) is 3.87. The van der Waals surface area contributed by atoms with Gasteiger partial charge in [-0.2, -0.15) is 10.2 Å². The van der Waals surface area contributed by atoms with E-state index in [9.17, 15) is 9.59 Å².